The van der Waals surface area contributed by atoms with Crippen molar-refractivity contribution in [2.45, 2.75) is 43.3 Å². The molecule has 0 aliphatic carbocycles. The summed E-state index contributed by atoms with van der Waals surface area (Å²) in [7, 11) is -2.40. The summed E-state index contributed by atoms with van der Waals surface area (Å²) in [6, 6.07) is 12.8. The number of ether oxygens (including phenoxy) is 1. The molecular formula is C29H31F3N4O4S. The summed E-state index contributed by atoms with van der Waals surface area (Å²) in [5.74, 6) is -0.583. The van der Waals surface area contributed by atoms with Gasteiger partial charge in [-0.3, -0.25) is 9.78 Å². The lowest BCUT2D eigenvalue weighted by Gasteiger charge is -2.38. The van der Waals surface area contributed by atoms with Crippen molar-refractivity contribution >= 4 is 21.6 Å². The van der Waals surface area contributed by atoms with Crippen LogP contribution in [0.1, 0.15) is 52.4 Å². The highest BCUT2D eigenvalue weighted by Gasteiger charge is 2.35. The lowest BCUT2D eigenvalue weighted by Crippen LogP contribution is -2.45. The van der Waals surface area contributed by atoms with Crippen LogP contribution < -0.4 is 14.4 Å². The van der Waals surface area contributed by atoms with Gasteiger partial charge in [-0.2, -0.15) is 13.2 Å². The Morgan fingerprint density at radius 3 is 2.49 bits per heavy atom. The zero-order chi connectivity index (χ0) is 29.2. The Labute approximate surface area is 237 Å². The Hall–Kier alpha value is -3.64. The molecule has 41 heavy (non-hydrogen) atoms. The van der Waals surface area contributed by atoms with Gasteiger partial charge in [-0.05, 0) is 54.8 Å². The molecule has 0 saturated carbocycles. The number of hydrogen-bond acceptors (Lipinski definition) is 6. The third-order valence-electron chi connectivity index (χ3n) is 7.65. The van der Waals surface area contributed by atoms with Gasteiger partial charge in [-0.25, -0.2) is 13.1 Å². The van der Waals surface area contributed by atoms with Gasteiger partial charge in [0.1, 0.15) is 5.75 Å². The van der Waals surface area contributed by atoms with E-state index in [2.05, 4.69) is 14.6 Å². The van der Waals surface area contributed by atoms with E-state index >= 15 is 0 Å². The molecule has 1 saturated heterocycles. The summed E-state index contributed by atoms with van der Waals surface area (Å²) < 4.78 is 74.6. The SMILES string of the molecule is CN(C(=O)c1ccc2c(c1)C(NS(=O)(=O)Cc1ccccc1C(F)(F)F)CCO2)C1CCN(c2ccncc2)CC1. The van der Waals surface area contributed by atoms with E-state index in [1.54, 1.807) is 42.5 Å². The van der Waals surface area contributed by atoms with Crippen LogP contribution in [0.25, 0.3) is 0 Å². The van der Waals surface area contributed by atoms with Gasteiger partial charge in [-0.15, -0.1) is 0 Å². The maximum atomic E-state index is 13.5. The van der Waals surface area contributed by atoms with Crippen LogP contribution in [0.3, 0.4) is 0 Å². The van der Waals surface area contributed by atoms with E-state index in [-0.39, 0.29) is 30.5 Å². The summed E-state index contributed by atoms with van der Waals surface area (Å²) >= 11 is 0. The van der Waals surface area contributed by atoms with E-state index < -0.39 is 33.6 Å². The average Bonchev–Trinajstić information content (AvgIpc) is 2.96. The summed E-state index contributed by atoms with van der Waals surface area (Å²) in [6.07, 6.45) is 0.695. The molecule has 218 valence electrons. The standard InChI is InChI=1S/C29H31F3N4O4S/c1-35(22-10-15-36(16-11-22)23-8-13-33-14-9-23)28(37)20-6-7-27-24(18-20)26(12-17-40-27)34-41(38,39)19-21-4-2-3-5-25(21)29(30,31)32/h2-9,13-14,18,22,26,34H,10-12,15-17,19H2,1H3. The number of amides is 1. The third-order valence-corrected chi connectivity index (χ3v) is 8.98. The molecule has 1 unspecified atom stereocenters. The van der Waals surface area contributed by atoms with Crippen LogP contribution in [0.5, 0.6) is 5.75 Å². The predicted octanol–water partition coefficient (Wildman–Crippen LogP) is 4.78. The van der Waals surface area contributed by atoms with Crippen molar-refractivity contribution in [3.8, 4) is 5.75 Å². The van der Waals surface area contributed by atoms with E-state index in [1.165, 1.54) is 12.1 Å². The highest BCUT2D eigenvalue weighted by molar-refractivity contribution is 7.88. The van der Waals surface area contributed by atoms with Crippen molar-refractivity contribution in [2.24, 2.45) is 0 Å². The van der Waals surface area contributed by atoms with Gasteiger partial charge in [0, 0.05) is 61.8 Å². The number of sulfonamides is 1. The second-order valence-corrected chi connectivity index (χ2v) is 12.1. The van der Waals surface area contributed by atoms with Crippen LogP contribution in [0.15, 0.2) is 67.0 Å². The zero-order valence-electron chi connectivity index (χ0n) is 22.5. The van der Waals surface area contributed by atoms with Crippen molar-refractivity contribution in [3.63, 3.8) is 0 Å². The van der Waals surface area contributed by atoms with Gasteiger partial charge in [0.25, 0.3) is 5.91 Å². The Balaban J connectivity index is 1.28. The maximum Gasteiger partial charge on any atom is 0.416 e. The van der Waals surface area contributed by atoms with Crippen molar-refractivity contribution in [2.75, 3.05) is 31.6 Å². The van der Waals surface area contributed by atoms with Gasteiger partial charge in [0.2, 0.25) is 10.0 Å². The summed E-state index contributed by atoms with van der Waals surface area (Å²) in [5.41, 5.74) is 0.647. The number of nitrogens with zero attached hydrogens (tertiary/aromatic N) is 3. The molecule has 2 aromatic carbocycles. The number of anilines is 1. The van der Waals surface area contributed by atoms with Gasteiger partial charge < -0.3 is 14.5 Å². The minimum absolute atomic E-state index is 0.0378. The largest absolute Gasteiger partial charge is 0.493 e. The highest BCUT2D eigenvalue weighted by Crippen LogP contribution is 2.36. The molecule has 3 aromatic rings. The molecule has 8 nitrogen and oxygen atoms in total. The van der Waals surface area contributed by atoms with Crippen molar-refractivity contribution in [1.82, 2.24) is 14.6 Å². The molecular weight excluding hydrogens is 557 g/mol. The summed E-state index contributed by atoms with van der Waals surface area (Å²) in [6.45, 7) is 1.82. The number of halogens is 3. The van der Waals surface area contributed by atoms with Crippen molar-refractivity contribution in [3.05, 3.63) is 89.2 Å². The first-order chi connectivity index (χ1) is 19.5. The number of rotatable bonds is 7. The predicted molar refractivity (Wildman–Crippen MR) is 148 cm³/mol. The molecule has 3 heterocycles. The molecule has 12 heteroatoms. The number of aromatic nitrogens is 1. The van der Waals surface area contributed by atoms with Gasteiger partial charge in [0.05, 0.1) is 24.0 Å². The Kier molecular flexibility index (Phi) is 8.23. The number of carbonyl (C=O) groups is 1. The van der Waals surface area contributed by atoms with Crippen LogP contribution >= 0.6 is 0 Å². The zero-order valence-corrected chi connectivity index (χ0v) is 23.3. The lowest BCUT2D eigenvalue weighted by molar-refractivity contribution is -0.138. The van der Waals surface area contributed by atoms with E-state index in [0.717, 1.165) is 43.8 Å². The quantitative estimate of drug-likeness (QED) is 0.427. The fourth-order valence-electron chi connectivity index (χ4n) is 5.47. The molecule has 2 aliphatic heterocycles. The van der Waals surface area contributed by atoms with Crippen molar-refractivity contribution < 1.29 is 31.1 Å². The third kappa shape index (κ3) is 6.65. The molecule has 0 spiro atoms. The van der Waals surface area contributed by atoms with Gasteiger partial charge in [0.15, 0.2) is 0 Å². The maximum absolute atomic E-state index is 13.5. The fraction of sp³-hybridized carbons (Fsp3) is 0.379. The van der Waals surface area contributed by atoms with Crippen LogP contribution in [-0.2, 0) is 22.0 Å². The van der Waals surface area contributed by atoms with Crippen LogP contribution in [-0.4, -0.2) is 57.0 Å². The molecule has 2 aliphatic rings. The molecule has 0 radical (unpaired) electrons. The molecule has 1 aromatic heterocycles. The smallest absolute Gasteiger partial charge is 0.416 e. The number of piperidine rings is 1. The number of nitrogens with one attached hydrogen (secondary N) is 1. The van der Waals surface area contributed by atoms with E-state index in [0.29, 0.717) is 16.9 Å². The van der Waals surface area contributed by atoms with Crippen molar-refractivity contribution in [1.29, 1.82) is 0 Å². The number of alkyl halides is 3. The first-order valence-corrected chi connectivity index (χ1v) is 15.0. The minimum Gasteiger partial charge on any atom is -0.493 e. The monoisotopic (exact) mass is 588 g/mol. The molecule has 1 amide bonds. The van der Waals surface area contributed by atoms with Gasteiger partial charge in [-0.1, -0.05) is 18.2 Å². The Bertz CT molecular complexity index is 1490. The van der Waals surface area contributed by atoms with Crippen LogP contribution in [0, 0.1) is 0 Å². The van der Waals surface area contributed by atoms with E-state index in [4.69, 9.17) is 4.74 Å². The van der Waals surface area contributed by atoms with Crippen LogP contribution in [0.2, 0.25) is 0 Å². The Morgan fingerprint density at radius 2 is 1.78 bits per heavy atom. The number of benzene rings is 2. The van der Waals surface area contributed by atoms with Gasteiger partial charge >= 0.3 is 6.18 Å². The molecule has 1 atom stereocenters. The first-order valence-electron chi connectivity index (χ1n) is 13.4. The minimum atomic E-state index is -4.67. The average molecular weight is 589 g/mol. The topological polar surface area (TPSA) is 91.8 Å². The summed E-state index contributed by atoms with van der Waals surface area (Å²) in [4.78, 5) is 21.5. The van der Waals surface area contributed by atoms with E-state index in [9.17, 15) is 26.4 Å². The molecule has 1 N–H and O–H groups in total. The lowest BCUT2D eigenvalue weighted by atomic mass is 9.97. The van der Waals surface area contributed by atoms with Crippen LogP contribution in [0.4, 0.5) is 18.9 Å². The second kappa shape index (κ2) is 11.7. The fourth-order valence-corrected chi connectivity index (χ4v) is 6.89. The normalized spacial score (nSPS) is 18.0. The molecule has 5 rings (SSSR count). The molecule has 0 bridgehead atoms. The number of hydrogen-bond donors (Lipinski definition) is 1. The van der Waals surface area contributed by atoms with E-state index in [1.807, 2.05) is 12.1 Å². The number of carbonyl (C=O) groups excluding carboxylic acids is 1. The number of pyridine rings is 1. The molecule has 1 fully saturated rings. The number of fused-ring (bicyclic) bond motifs is 1. The highest BCUT2D eigenvalue weighted by atomic mass is 32.2. The Morgan fingerprint density at radius 1 is 1.07 bits per heavy atom. The second-order valence-electron chi connectivity index (χ2n) is 10.3. The summed E-state index contributed by atoms with van der Waals surface area (Å²) in [5, 5.41) is 0. The first kappa shape index (κ1) is 28.9.